The summed E-state index contributed by atoms with van der Waals surface area (Å²) in [4.78, 5) is 12.9. The fourth-order valence-corrected chi connectivity index (χ4v) is 1.92. The predicted octanol–water partition coefficient (Wildman–Crippen LogP) is 1.28. The highest BCUT2D eigenvalue weighted by atomic mass is 16.6. The second kappa shape index (κ2) is 4.11. The van der Waals surface area contributed by atoms with Gasteiger partial charge in [0.05, 0.1) is 12.8 Å². The number of rotatable bonds is 1. The van der Waals surface area contributed by atoms with E-state index in [1.54, 1.807) is 24.3 Å². The van der Waals surface area contributed by atoms with E-state index in [0.29, 0.717) is 11.3 Å². The number of anilines is 1. The molecule has 0 aromatic heterocycles. The molecule has 5 heteroatoms. The maximum atomic E-state index is 11.6. The molecule has 0 saturated carbocycles. The number of ether oxygens (including phenoxy) is 2. The molecule has 86 valence electrons. The molecule has 0 aliphatic carbocycles. The number of carbonyl (C=O) groups is 1. The Hall–Kier alpha value is -1.59. The summed E-state index contributed by atoms with van der Waals surface area (Å²) in [5.41, 5.74) is 1.29. The Balaban J connectivity index is 2.46. The van der Waals surface area contributed by atoms with E-state index in [4.69, 9.17) is 4.74 Å². The zero-order valence-corrected chi connectivity index (χ0v) is 9.08. The Morgan fingerprint density at radius 2 is 2.06 bits per heavy atom. The van der Waals surface area contributed by atoms with E-state index in [-0.39, 0.29) is 0 Å². The van der Waals surface area contributed by atoms with Crippen LogP contribution in [0, 0.1) is 0 Å². The van der Waals surface area contributed by atoms with E-state index in [1.807, 2.05) is 0 Å². The van der Waals surface area contributed by atoms with E-state index in [1.165, 1.54) is 19.1 Å². The quantitative estimate of drug-likeness (QED) is 0.779. The summed E-state index contributed by atoms with van der Waals surface area (Å²) in [6, 6.07) is 7.10. The SMILES string of the molecule is COC(=O)N1c2ccccc2[C@H](O)[C@@H]1OC. The smallest absolute Gasteiger partial charge is 0.416 e. The number of aliphatic hydroxyl groups excluding tert-OH is 1. The molecule has 16 heavy (non-hydrogen) atoms. The van der Waals surface area contributed by atoms with Crippen LogP contribution in [-0.4, -0.2) is 31.6 Å². The summed E-state index contributed by atoms with van der Waals surface area (Å²) < 4.78 is 9.78. The van der Waals surface area contributed by atoms with Crippen molar-refractivity contribution < 1.29 is 19.4 Å². The van der Waals surface area contributed by atoms with Gasteiger partial charge >= 0.3 is 6.09 Å². The van der Waals surface area contributed by atoms with Crippen LogP contribution in [0.1, 0.15) is 11.7 Å². The van der Waals surface area contributed by atoms with Crippen LogP contribution in [0.3, 0.4) is 0 Å². The third kappa shape index (κ3) is 1.45. The van der Waals surface area contributed by atoms with Crippen LogP contribution in [0.2, 0.25) is 0 Å². The largest absolute Gasteiger partial charge is 0.452 e. The van der Waals surface area contributed by atoms with Crippen molar-refractivity contribution in [1.29, 1.82) is 0 Å². The van der Waals surface area contributed by atoms with Gasteiger partial charge in [-0.05, 0) is 6.07 Å². The van der Waals surface area contributed by atoms with Crippen molar-refractivity contribution in [2.45, 2.75) is 12.3 Å². The fraction of sp³-hybridized carbons (Fsp3) is 0.364. The van der Waals surface area contributed by atoms with E-state index < -0.39 is 18.4 Å². The number of carbonyl (C=O) groups excluding carboxylic acids is 1. The van der Waals surface area contributed by atoms with Gasteiger partial charge in [-0.15, -0.1) is 0 Å². The predicted molar refractivity (Wildman–Crippen MR) is 57.1 cm³/mol. The molecule has 0 radical (unpaired) electrons. The van der Waals surface area contributed by atoms with Crippen molar-refractivity contribution in [2.24, 2.45) is 0 Å². The summed E-state index contributed by atoms with van der Waals surface area (Å²) in [5, 5.41) is 9.98. The number of amides is 1. The van der Waals surface area contributed by atoms with Crippen LogP contribution >= 0.6 is 0 Å². The molecule has 2 atom stereocenters. The molecule has 1 amide bonds. The minimum Gasteiger partial charge on any atom is -0.452 e. The van der Waals surface area contributed by atoms with Crippen molar-refractivity contribution in [1.82, 2.24) is 0 Å². The van der Waals surface area contributed by atoms with Crippen molar-refractivity contribution in [3.05, 3.63) is 29.8 Å². The molecular weight excluding hydrogens is 210 g/mol. The summed E-state index contributed by atoms with van der Waals surface area (Å²) in [6.07, 6.45) is -2.12. The minimum atomic E-state index is -0.847. The Morgan fingerprint density at radius 3 is 2.69 bits per heavy atom. The Morgan fingerprint density at radius 1 is 1.38 bits per heavy atom. The summed E-state index contributed by atoms with van der Waals surface area (Å²) >= 11 is 0. The second-order valence-corrected chi connectivity index (χ2v) is 3.47. The lowest BCUT2D eigenvalue weighted by Crippen LogP contribution is -2.40. The van der Waals surface area contributed by atoms with E-state index in [0.717, 1.165) is 0 Å². The number of benzene rings is 1. The van der Waals surface area contributed by atoms with Crippen LogP contribution < -0.4 is 4.90 Å². The van der Waals surface area contributed by atoms with Crippen molar-refractivity contribution in [3.63, 3.8) is 0 Å². The van der Waals surface area contributed by atoms with Crippen LogP contribution in [0.25, 0.3) is 0 Å². The lowest BCUT2D eigenvalue weighted by Gasteiger charge is -2.23. The number of hydrogen-bond donors (Lipinski definition) is 1. The van der Waals surface area contributed by atoms with Gasteiger partial charge in [-0.3, -0.25) is 0 Å². The highest BCUT2D eigenvalue weighted by Gasteiger charge is 2.41. The molecule has 0 fully saturated rings. The standard InChI is InChI=1S/C11H13NO4/c1-15-10-9(13)7-5-3-4-6-8(7)12(10)11(14)16-2/h3-6,9-10,13H,1-2H3/t9-,10-/m0/s1. The maximum Gasteiger partial charge on any atom is 0.416 e. The van der Waals surface area contributed by atoms with Crippen molar-refractivity contribution in [2.75, 3.05) is 19.1 Å². The highest BCUT2D eigenvalue weighted by molar-refractivity contribution is 5.91. The van der Waals surface area contributed by atoms with Gasteiger partial charge in [-0.1, -0.05) is 18.2 Å². The van der Waals surface area contributed by atoms with Crippen LogP contribution in [0.5, 0.6) is 0 Å². The molecule has 1 heterocycles. The monoisotopic (exact) mass is 223 g/mol. The fourth-order valence-electron chi connectivity index (χ4n) is 1.92. The molecule has 1 N–H and O–H groups in total. The molecule has 1 aliphatic rings. The van der Waals surface area contributed by atoms with E-state index >= 15 is 0 Å². The Labute approximate surface area is 93.2 Å². The molecular formula is C11H13NO4. The van der Waals surface area contributed by atoms with Crippen molar-refractivity contribution >= 4 is 11.8 Å². The number of nitrogens with zero attached hydrogens (tertiary/aromatic N) is 1. The van der Waals surface area contributed by atoms with Crippen LogP contribution in [0.4, 0.5) is 10.5 Å². The van der Waals surface area contributed by atoms with Gasteiger partial charge in [-0.2, -0.15) is 0 Å². The molecule has 0 bridgehead atoms. The third-order valence-electron chi connectivity index (χ3n) is 2.65. The number of hydrogen-bond acceptors (Lipinski definition) is 4. The first kappa shape index (κ1) is 10.9. The first-order valence-electron chi connectivity index (χ1n) is 4.87. The van der Waals surface area contributed by atoms with Gasteiger partial charge < -0.3 is 14.6 Å². The molecule has 2 rings (SSSR count). The normalized spacial score (nSPS) is 23.1. The number of para-hydroxylation sites is 1. The van der Waals surface area contributed by atoms with Crippen LogP contribution in [-0.2, 0) is 9.47 Å². The average molecular weight is 223 g/mol. The Bertz CT molecular complexity index is 407. The van der Waals surface area contributed by atoms with E-state index in [9.17, 15) is 9.90 Å². The van der Waals surface area contributed by atoms with Gasteiger partial charge in [0.2, 0.25) is 0 Å². The zero-order valence-electron chi connectivity index (χ0n) is 9.08. The lowest BCUT2D eigenvalue weighted by molar-refractivity contribution is -0.00321. The molecule has 1 aliphatic heterocycles. The van der Waals surface area contributed by atoms with Gasteiger partial charge in [-0.25, -0.2) is 9.69 Å². The highest BCUT2D eigenvalue weighted by Crippen LogP contribution is 2.39. The third-order valence-corrected chi connectivity index (χ3v) is 2.65. The van der Waals surface area contributed by atoms with Gasteiger partial charge in [0, 0.05) is 12.7 Å². The number of methoxy groups -OCH3 is 2. The lowest BCUT2D eigenvalue weighted by atomic mass is 10.1. The molecule has 5 nitrogen and oxygen atoms in total. The van der Waals surface area contributed by atoms with Gasteiger partial charge in [0.1, 0.15) is 6.10 Å². The first-order chi connectivity index (χ1) is 7.70. The summed E-state index contributed by atoms with van der Waals surface area (Å²) in [6.45, 7) is 0. The van der Waals surface area contributed by atoms with Gasteiger partial charge in [0.15, 0.2) is 6.23 Å². The summed E-state index contributed by atoms with van der Waals surface area (Å²) in [7, 11) is 2.73. The van der Waals surface area contributed by atoms with E-state index in [2.05, 4.69) is 4.74 Å². The average Bonchev–Trinajstić information content (AvgIpc) is 2.62. The number of fused-ring (bicyclic) bond motifs is 1. The number of aliphatic hydroxyl groups is 1. The van der Waals surface area contributed by atoms with Crippen LogP contribution in [0.15, 0.2) is 24.3 Å². The van der Waals surface area contributed by atoms with Gasteiger partial charge in [0.25, 0.3) is 0 Å². The molecule has 0 unspecified atom stereocenters. The Kier molecular flexibility index (Phi) is 2.80. The first-order valence-corrected chi connectivity index (χ1v) is 4.87. The molecule has 1 aromatic rings. The molecule has 1 aromatic carbocycles. The maximum absolute atomic E-state index is 11.6. The zero-order chi connectivity index (χ0) is 11.7. The topological polar surface area (TPSA) is 59.0 Å². The molecule has 0 saturated heterocycles. The second-order valence-electron chi connectivity index (χ2n) is 3.47. The van der Waals surface area contributed by atoms with Crippen molar-refractivity contribution in [3.8, 4) is 0 Å². The minimum absolute atomic E-state index is 0.546. The summed E-state index contributed by atoms with van der Waals surface area (Å²) in [5.74, 6) is 0. The molecule has 0 spiro atoms.